The summed E-state index contributed by atoms with van der Waals surface area (Å²) in [6.07, 6.45) is 17.0. The fourth-order valence-electron chi connectivity index (χ4n) is 6.60. The van der Waals surface area contributed by atoms with Crippen molar-refractivity contribution in [2.45, 2.75) is 140 Å². The molecule has 0 aromatic heterocycles. The van der Waals surface area contributed by atoms with E-state index in [0.717, 1.165) is 108 Å². The highest BCUT2D eigenvalue weighted by Crippen LogP contribution is 2.26. The monoisotopic (exact) mass is 938 g/mol. The lowest BCUT2D eigenvalue weighted by Crippen LogP contribution is -1.95. The number of hydrogen-bond donors (Lipinski definition) is 0. The zero-order chi connectivity index (χ0) is 48.6. The van der Waals surface area contributed by atoms with E-state index in [-0.39, 0.29) is 6.67 Å². The van der Waals surface area contributed by atoms with Gasteiger partial charge in [-0.15, -0.1) is 6.42 Å². The van der Waals surface area contributed by atoms with Crippen molar-refractivity contribution < 1.29 is 8.78 Å². The Morgan fingerprint density at radius 2 is 0.662 bits per heavy atom. The van der Waals surface area contributed by atoms with Gasteiger partial charge in [-0.25, -0.2) is 4.39 Å². The third kappa shape index (κ3) is 22.1. The number of terminal acetylenes is 1. The molecule has 0 nitrogen and oxygen atoms in total. The van der Waals surface area contributed by atoms with Crippen LogP contribution in [0.5, 0.6) is 0 Å². The molecular formula is C60H75Cl3F2. The summed E-state index contributed by atoms with van der Waals surface area (Å²) in [6.45, 7) is 18.8. The topological polar surface area (TPSA) is 0 Å². The highest BCUT2D eigenvalue weighted by atomic mass is 35.5. The van der Waals surface area contributed by atoms with Gasteiger partial charge in [0.2, 0.25) is 0 Å². The van der Waals surface area contributed by atoms with E-state index in [2.05, 4.69) is 153 Å². The summed E-state index contributed by atoms with van der Waals surface area (Å²) >= 11 is 18.1. The molecule has 0 spiro atoms. The molecule has 6 rings (SSSR count). The van der Waals surface area contributed by atoms with Crippen molar-refractivity contribution in [1.29, 1.82) is 0 Å². The molecule has 0 bridgehead atoms. The first-order valence-electron chi connectivity index (χ1n) is 23.5. The smallest absolute Gasteiger partial charge is 0.115 e. The summed E-state index contributed by atoms with van der Waals surface area (Å²) in [4.78, 5) is 0. The van der Waals surface area contributed by atoms with Crippen molar-refractivity contribution in [3.8, 4) is 12.3 Å². The second-order valence-corrected chi connectivity index (χ2v) is 16.6. The zero-order valence-corrected chi connectivity index (χ0v) is 43.3. The van der Waals surface area contributed by atoms with Crippen LogP contribution in [-0.4, -0.2) is 7.18 Å². The number of aryl methyl sites for hydroxylation is 11. The molecule has 65 heavy (non-hydrogen) atoms. The fourth-order valence-corrected chi connectivity index (χ4v) is 7.57. The Morgan fingerprint density at radius 3 is 1.00 bits per heavy atom. The zero-order valence-electron chi connectivity index (χ0n) is 41.0. The molecule has 0 amide bonds. The Labute approximate surface area is 409 Å². The highest BCUT2D eigenvalue weighted by Gasteiger charge is 2.05. The lowest BCUT2D eigenvalue weighted by molar-refractivity contribution is 0.485. The molecule has 0 unspecified atom stereocenters. The number of hydrogen-bond acceptors (Lipinski definition) is 0. The Balaban J connectivity index is 0.000000415. The van der Waals surface area contributed by atoms with Gasteiger partial charge in [0.05, 0.1) is 7.18 Å². The van der Waals surface area contributed by atoms with Crippen LogP contribution in [0.25, 0.3) is 0 Å². The third-order valence-corrected chi connectivity index (χ3v) is 12.2. The number of halogens is 5. The van der Waals surface area contributed by atoms with E-state index in [0.29, 0.717) is 7.18 Å². The maximum Gasteiger partial charge on any atom is 0.115 e. The largest absolute Gasteiger partial charge is 0.255 e. The molecule has 0 saturated carbocycles. The van der Waals surface area contributed by atoms with Gasteiger partial charge >= 0.3 is 0 Å². The van der Waals surface area contributed by atoms with Gasteiger partial charge in [-0.1, -0.05) is 200 Å². The predicted octanol–water partition coefficient (Wildman–Crippen LogP) is 18.3. The molecule has 0 aliphatic carbocycles. The minimum atomic E-state index is -0.357. The lowest BCUT2D eigenvalue weighted by atomic mass is 9.98. The summed E-state index contributed by atoms with van der Waals surface area (Å²) in [5.74, 6) is 2.80. The van der Waals surface area contributed by atoms with Gasteiger partial charge in [0.15, 0.2) is 0 Å². The molecule has 6 aromatic carbocycles. The molecule has 0 saturated heterocycles. The van der Waals surface area contributed by atoms with Gasteiger partial charge in [-0.2, -0.15) is 0 Å². The molecule has 0 aliphatic heterocycles. The Morgan fingerprint density at radius 1 is 0.354 bits per heavy atom. The van der Waals surface area contributed by atoms with Crippen LogP contribution in [0.1, 0.15) is 135 Å². The van der Waals surface area contributed by atoms with Crippen LogP contribution in [0.2, 0.25) is 15.1 Å². The first kappa shape index (κ1) is 58.6. The molecular weight excluding hydrogens is 865 g/mol. The van der Waals surface area contributed by atoms with Crippen LogP contribution in [0.15, 0.2) is 121 Å². The summed E-state index contributed by atoms with van der Waals surface area (Å²) in [7, 11) is 0.500. The average molecular weight is 941 g/mol. The molecule has 0 heterocycles. The molecule has 5 heteroatoms. The summed E-state index contributed by atoms with van der Waals surface area (Å²) in [6, 6.07) is 42.1. The second kappa shape index (κ2) is 34.9. The van der Waals surface area contributed by atoms with E-state index in [1.807, 2.05) is 36.4 Å². The average Bonchev–Trinajstić information content (AvgIpc) is 3.37. The van der Waals surface area contributed by atoms with E-state index < -0.39 is 0 Å². The third-order valence-electron chi connectivity index (χ3n) is 11.2. The van der Waals surface area contributed by atoms with E-state index >= 15 is 0 Å². The van der Waals surface area contributed by atoms with Gasteiger partial charge in [0.25, 0.3) is 0 Å². The first-order valence-corrected chi connectivity index (χ1v) is 24.6. The van der Waals surface area contributed by atoms with Crippen molar-refractivity contribution >= 4 is 34.8 Å². The Bertz CT molecular complexity index is 2090. The maximum absolute atomic E-state index is 12.0. The van der Waals surface area contributed by atoms with Crippen LogP contribution in [0.3, 0.4) is 0 Å². The number of rotatable bonds is 13. The fraction of sp³-hybridized carbons (Fsp3) is 0.367. The molecule has 0 fully saturated rings. The molecule has 0 aliphatic rings. The Hall–Kier alpha value is -4.39. The number of benzene rings is 6. The Kier molecular flexibility index (Phi) is 31.5. The first-order chi connectivity index (χ1) is 31.4. The van der Waals surface area contributed by atoms with Crippen molar-refractivity contribution in [2.24, 2.45) is 0 Å². The van der Waals surface area contributed by atoms with E-state index in [4.69, 9.17) is 41.2 Å². The van der Waals surface area contributed by atoms with Crippen LogP contribution < -0.4 is 0 Å². The van der Waals surface area contributed by atoms with Crippen LogP contribution in [-0.2, 0) is 77.3 Å². The SMILES string of the molecule is C#Cc1cc(CCc2ccc(CC)cc2)ccc1CC.CCc1cc(Cl)c(CC)cc1Cl.CCc1ccc(CC)c(Cl)c1.CCc1ccc(CC)cc1.CCc1ccc(CF)cc1.CF. The maximum atomic E-state index is 12.0. The second-order valence-electron chi connectivity index (χ2n) is 15.4. The quantitative estimate of drug-likeness (QED) is 0.101. The predicted molar refractivity (Wildman–Crippen MR) is 285 cm³/mol. The van der Waals surface area contributed by atoms with E-state index in [9.17, 15) is 8.78 Å². The van der Waals surface area contributed by atoms with Gasteiger partial charge < -0.3 is 0 Å². The molecule has 6 aromatic rings. The molecule has 350 valence electrons. The van der Waals surface area contributed by atoms with Crippen LogP contribution in [0, 0.1) is 12.3 Å². The standard InChI is InChI=1S/C20H22.C10H12Cl2.C10H13Cl.C10H14.C9H11F.CH3F/c1-4-16-7-9-17(10-8-16)11-12-18-13-14-19(5-2)20(6-3)15-18;1-3-7-5-10(12)8(4-2)6-9(7)11;1-3-8-5-6-9(4-2)10(11)7-8;1-3-9-5-7-10(4-2)8-6-9;1-2-8-3-5-9(7-10)6-4-8;1-2/h3,7-10,13-15H,4-5,11-12H2,1-2H3;5-6H,3-4H2,1-2H3;5-7H,3-4H2,1-2H3;5-8H,3-4H2,1-2H3;3-6H,2,7H2,1H3;1H3. The minimum absolute atomic E-state index is 0.357. The lowest BCUT2D eigenvalue weighted by Gasteiger charge is -2.07. The normalized spacial score (nSPS) is 9.88. The van der Waals surface area contributed by atoms with Crippen molar-refractivity contribution in [1.82, 2.24) is 0 Å². The van der Waals surface area contributed by atoms with Crippen molar-refractivity contribution in [2.75, 3.05) is 7.18 Å². The van der Waals surface area contributed by atoms with Gasteiger partial charge in [-0.3, -0.25) is 4.39 Å². The van der Waals surface area contributed by atoms with Crippen molar-refractivity contribution in [3.63, 3.8) is 0 Å². The van der Waals surface area contributed by atoms with Gasteiger partial charge in [-0.05, 0) is 162 Å². The van der Waals surface area contributed by atoms with Crippen LogP contribution in [0.4, 0.5) is 8.78 Å². The van der Waals surface area contributed by atoms with E-state index in [1.165, 1.54) is 50.1 Å². The van der Waals surface area contributed by atoms with Crippen molar-refractivity contribution in [3.05, 3.63) is 209 Å². The summed E-state index contributed by atoms with van der Waals surface area (Å²) in [5, 5.41) is 2.57. The summed E-state index contributed by atoms with van der Waals surface area (Å²) < 4.78 is 21.5. The molecule has 0 atom stereocenters. The van der Waals surface area contributed by atoms with Gasteiger partial charge in [0.1, 0.15) is 6.67 Å². The molecule has 0 N–H and O–H groups in total. The number of alkyl halides is 2. The minimum Gasteiger partial charge on any atom is -0.255 e. The highest BCUT2D eigenvalue weighted by molar-refractivity contribution is 6.34. The summed E-state index contributed by atoms with van der Waals surface area (Å²) in [5.41, 5.74) is 16.1. The van der Waals surface area contributed by atoms with Gasteiger partial charge in [0, 0.05) is 20.6 Å². The molecule has 0 radical (unpaired) electrons. The van der Waals surface area contributed by atoms with Crippen LogP contribution >= 0.6 is 34.8 Å². The van der Waals surface area contributed by atoms with E-state index in [1.54, 1.807) is 0 Å².